The molecule has 6 nitrogen and oxygen atoms in total. The number of fused-ring (bicyclic) bond motifs is 1. The van der Waals surface area contributed by atoms with Gasteiger partial charge in [0.25, 0.3) is 0 Å². The number of urea groups is 1. The van der Waals surface area contributed by atoms with Crippen molar-refractivity contribution in [2.45, 2.75) is 12.5 Å². The Morgan fingerprint density at radius 1 is 1.20 bits per heavy atom. The van der Waals surface area contributed by atoms with E-state index in [1.807, 2.05) is 12.1 Å². The Kier molecular flexibility index (Phi) is 4.87. The lowest BCUT2D eigenvalue weighted by Crippen LogP contribution is -2.41. The van der Waals surface area contributed by atoms with Gasteiger partial charge >= 0.3 is 6.03 Å². The maximum Gasteiger partial charge on any atom is 0.319 e. The van der Waals surface area contributed by atoms with Gasteiger partial charge in [0.2, 0.25) is 10.0 Å². The molecule has 1 atom stereocenters. The Bertz CT molecular complexity index is 902. The summed E-state index contributed by atoms with van der Waals surface area (Å²) in [5.74, 6) is 0. The van der Waals surface area contributed by atoms with Crippen LogP contribution in [0.3, 0.4) is 0 Å². The summed E-state index contributed by atoms with van der Waals surface area (Å²) in [5, 5.41) is 6.17. The highest BCUT2D eigenvalue weighted by Gasteiger charge is 2.30. The number of benzene rings is 2. The van der Waals surface area contributed by atoms with E-state index in [1.54, 1.807) is 36.4 Å². The molecule has 0 saturated carbocycles. The fourth-order valence-electron chi connectivity index (χ4n) is 2.92. The van der Waals surface area contributed by atoms with Crippen molar-refractivity contribution >= 4 is 39.0 Å². The van der Waals surface area contributed by atoms with Crippen LogP contribution in [0.4, 0.5) is 16.2 Å². The normalized spacial score (nSPS) is 16.9. The van der Waals surface area contributed by atoms with E-state index in [-0.39, 0.29) is 12.1 Å². The molecular formula is C17H18ClN3O3S. The van der Waals surface area contributed by atoms with Gasteiger partial charge in [-0.05, 0) is 36.2 Å². The van der Waals surface area contributed by atoms with Gasteiger partial charge in [-0.15, -0.1) is 0 Å². The quantitative estimate of drug-likeness (QED) is 0.858. The maximum atomic E-state index is 12.3. The van der Waals surface area contributed by atoms with E-state index in [9.17, 15) is 13.2 Å². The molecule has 1 unspecified atom stereocenters. The fourth-order valence-corrected chi connectivity index (χ4v) is 4.07. The largest absolute Gasteiger partial charge is 0.331 e. The zero-order valence-electron chi connectivity index (χ0n) is 13.6. The van der Waals surface area contributed by atoms with Crippen LogP contribution in [-0.2, 0) is 10.0 Å². The Morgan fingerprint density at radius 3 is 2.68 bits per heavy atom. The number of carbonyl (C=O) groups is 1. The molecule has 0 spiro atoms. The summed E-state index contributed by atoms with van der Waals surface area (Å²) in [4.78, 5) is 12.3. The maximum absolute atomic E-state index is 12.3. The third-order valence-electron chi connectivity index (χ3n) is 3.99. The number of nitrogens with one attached hydrogen (secondary N) is 2. The van der Waals surface area contributed by atoms with Crippen LogP contribution < -0.4 is 14.9 Å². The van der Waals surface area contributed by atoms with Crippen LogP contribution in [0.5, 0.6) is 0 Å². The standard InChI is InChI=1S/C17H18ClN3O3S/c1-25(23,24)21-10-9-15(14-7-2-3-8-16(14)21)20-17(22)19-13-6-4-5-12(18)11-13/h2-8,11,15H,9-10H2,1H3,(H2,19,20,22). The zero-order chi connectivity index (χ0) is 18.0. The van der Waals surface area contributed by atoms with E-state index in [2.05, 4.69) is 10.6 Å². The van der Waals surface area contributed by atoms with E-state index in [4.69, 9.17) is 11.6 Å². The first-order chi connectivity index (χ1) is 11.8. The van der Waals surface area contributed by atoms with Crippen LogP contribution in [0.25, 0.3) is 0 Å². The lowest BCUT2D eigenvalue weighted by molar-refractivity contribution is 0.248. The van der Waals surface area contributed by atoms with Gasteiger partial charge in [0.15, 0.2) is 0 Å². The average Bonchev–Trinajstić information content (AvgIpc) is 2.54. The lowest BCUT2D eigenvalue weighted by atomic mass is 9.98. The number of nitrogens with zero attached hydrogens (tertiary/aromatic N) is 1. The summed E-state index contributed by atoms with van der Waals surface area (Å²) in [6.45, 7) is 0.317. The van der Waals surface area contributed by atoms with Gasteiger partial charge in [0.05, 0.1) is 18.0 Å². The van der Waals surface area contributed by atoms with Crippen LogP contribution in [0.15, 0.2) is 48.5 Å². The molecule has 0 aliphatic carbocycles. The highest BCUT2D eigenvalue weighted by Crippen LogP contribution is 2.35. The number of carbonyl (C=O) groups excluding carboxylic acids is 1. The van der Waals surface area contributed by atoms with Crippen molar-refractivity contribution in [3.05, 3.63) is 59.1 Å². The van der Waals surface area contributed by atoms with Crippen molar-refractivity contribution in [2.24, 2.45) is 0 Å². The number of halogens is 1. The van der Waals surface area contributed by atoms with Gasteiger partial charge < -0.3 is 10.6 Å². The van der Waals surface area contributed by atoms with Gasteiger partial charge in [-0.3, -0.25) is 4.31 Å². The van der Waals surface area contributed by atoms with Crippen LogP contribution in [0.2, 0.25) is 5.02 Å². The van der Waals surface area contributed by atoms with Gasteiger partial charge in [-0.1, -0.05) is 35.9 Å². The molecule has 0 aromatic heterocycles. The summed E-state index contributed by atoms with van der Waals surface area (Å²) in [6, 6.07) is 13.4. The molecule has 2 aromatic rings. The minimum absolute atomic E-state index is 0.270. The summed E-state index contributed by atoms with van der Waals surface area (Å²) >= 11 is 5.91. The predicted octanol–water partition coefficient (Wildman–Crippen LogP) is 3.37. The second-order valence-electron chi connectivity index (χ2n) is 5.84. The summed E-state index contributed by atoms with van der Waals surface area (Å²) in [6.07, 6.45) is 1.68. The van der Waals surface area contributed by atoms with E-state index in [0.717, 1.165) is 5.56 Å². The van der Waals surface area contributed by atoms with Crippen molar-refractivity contribution in [3.63, 3.8) is 0 Å². The van der Waals surface area contributed by atoms with E-state index < -0.39 is 10.0 Å². The summed E-state index contributed by atoms with van der Waals surface area (Å²) < 4.78 is 25.3. The molecular weight excluding hydrogens is 362 g/mol. The van der Waals surface area contributed by atoms with Gasteiger partial charge in [0, 0.05) is 17.3 Å². The van der Waals surface area contributed by atoms with Crippen molar-refractivity contribution in [1.29, 1.82) is 0 Å². The molecule has 0 saturated heterocycles. The van der Waals surface area contributed by atoms with E-state index >= 15 is 0 Å². The molecule has 3 rings (SSSR count). The Labute approximate surface area is 151 Å². The smallest absolute Gasteiger partial charge is 0.319 e. The Morgan fingerprint density at radius 2 is 1.96 bits per heavy atom. The van der Waals surface area contributed by atoms with Crippen LogP contribution in [0.1, 0.15) is 18.0 Å². The fraction of sp³-hybridized carbons (Fsp3) is 0.235. The van der Waals surface area contributed by atoms with Crippen LogP contribution >= 0.6 is 11.6 Å². The molecule has 0 radical (unpaired) electrons. The number of sulfonamides is 1. The molecule has 2 aromatic carbocycles. The number of hydrogen-bond donors (Lipinski definition) is 2. The third-order valence-corrected chi connectivity index (χ3v) is 5.40. The molecule has 132 valence electrons. The minimum atomic E-state index is -3.35. The molecule has 1 aliphatic heterocycles. The third kappa shape index (κ3) is 4.05. The average molecular weight is 380 g/mol. The minimum Gasteiger partial charge on any atom is -0.331 e. The van der Waals surface area contributed by atoms with E-state index in [1.165, 1.54) is 10.6 Å². The second kappa shape index (κ2) is 6.93. The number of amides is 2. The van der Waals surface area contributed by atoms with Crippen LogP contribution in [0, 0.1) is 0 Å². The molecule has 0 bridgehead atoms. The van der Waals surface area contributed by atoms with Crippen LogP contribution in [-0.4, -0.2) is 27.2 Å². The Hall–Kier alpha value is -2.25. The second-order valence-corrected chi connectivity index (χ2v) is 8.19. The number of hydrogen-bond acceptors (Lipinski definition) is 3. The van der Waals surface area contributed by atoms with E-state index in [0.29, 0.717) is 29.4 Å². The first kappa shape index (κ1) is 17.6. The number of para-hydroxylation sites is 1. The molecule has 0 fully saturated rings. The summed E-state index contributed by atoms with van der Waals surface area (Å²) in [7, 11) is -3.35. The predicted molar refractivity (Wildman–Crippen MR) is 99.6 cm³/mol. The summed E-state index contributed by atoms with van der Waals surface area (Å²) in [5.41, 5.74) is 1.97. The molecule has 1 aliphatic rings. The van der Waals surface area contributed by atoms with Gasteiger partial charge in [-0.2, -0.15) is 0 Å². The van der Waals surface area contributed by atoms with Crippen molar-refractivity contribution < 1.29 is 13.2 Å². The molecule has 2 amide bonds. The highest BCUT2D eigenvalue weighted by molar-refractivity contribution is 7.92. The van der Waals surface area contributed by atoms with Crippen molar-refractivity contribution in [3.8, 4) is 0 Å². The number of anilines is 2. The topological polar surface area (TPSA) is 78.5 Å². The first-order valence-corrected chi connectivity index (χ1v) is 9.97. The molecule has 1 heterocycles. The van der Waals surface area contributed by atoms with Gasteiger partial charge in [-0.25, -0.2) is 13.2 Å². The highest BCUT2D eigenvalue weighted by atomic mass is 35.5. The monoisotopic (exact) mass is 379 g/mol. The number of rotatable bonds is 3. The van der Waals surface area contributed by atoms with Crippen molar-refractivity contribution in [1.82, 2.24) is 5.32 Å². The van der Waals surface area contributed by atoms with Gasteiger partial charge in [0.1, 0.15) is 0 Å². The van der Waals surface area contributed by atoms with Crippen molar-refractivity contribution in [2.75, 3.05) is 22.4 Å². The Balaban J connectivity index is 1.78. The first-order valence-electron chi connectivity index (χ1n) is 7.74. The molecule has 8 heteroatoms. The lowest BCUT2D eigenvalue weighted by Gasteiger charge is -2.34. The molecule has 2 N–H and O–H groups in total. The SMILES string of the molecule is CS(=O)(=O)N1CCC(NC(=O)Nc2cccc(Cl)c2)c2ccccc21. The zero-order valence-corrected chi connectivity index (χ0v) is 15.1. The molecule has 25 heavy (non-hydrogen) atoms.